The van der Waals surface area contributed by atoms with E-state index in [9.17, 15) is 0 Å². The van der Waals surface area contributed by atoms with Crippen molar-refractivity contribution in [3.63, 3.8) is 0 Å². The van der Waals surface area contributed by atoms with Gasteiger partial charge in [-0.2, -0.15) is 0 Å². The number of hydrogen-bond donors (Lipinski definition) is 0. The van der Waals surface area contributed by atoms with Gasteiger partial charge in [-0.25, -0.2) is 0 Å². The molecule has 2 aliphatic carbocycles. The van der Waals surface area contributed by atoms with E-state index in [1.165, 1.54) is 21.6 Å². The van der Waals surface area contributed by atoms with Gasteiger partial charge in [-0.05, 0) is 36.6 Å². The standard InChI is InChI=1S/C13H16N2S.C8H8O/c1-3-5-12-14-15-13(16-12)11-8-6-10(4-2)7-9-11;1-2-9-8-5-6-3-4-7(6)8/h6-9H,3-5H2,1-2H3;3-5H,2H2,1H3. The van der Waals surface area contributed by atoms with Gasteiger partial charge in [0.25, 0.3) is 0 Å². The van der Waals surface area contributed by atoms with Gasteiger partial charge in [-0.3, -0.25) is 0 Å². The molecule has 0 spiro atoms. The smallest absolute Gasteiger partial charge is 0.147 e. The van der Waals surface area contributed by atoms with Crippen molar-refractivity contribution in [2.75, 3.05) is 6.61 Å². The second-order valence-corrected chi connectivity index (χ2v) is 7.01. The number of nitrogens with zero attached hydrogens (tertiary/aromatic N) is 2. The highest BCUT2D eigenvalue weighted by atomic mass is 32.1. The molecule has 0 bridgehead atoms. The molecule has 4 heteroatoms. The quantitative estimate of drug-likeness (QED) is 0.466. The molecule has 1 aromatic carbocycles. The number of ether oxygens (including phenoxy) is 1. The van der Waals surface area contributed by atoms with Crippen LogP contribution in [-0.2, 0) is 12.8 Å². The Hall–Kier alpha value is -2.20. The number of aryl methyl sites for hydroxylation is 2. The van der Waals surface area contributed by atoms with E-state index in [-0.39, 0.29) is 0 Å². The Balaban J connectivity index is 0.000000170. The van der Waals surface area contributed by atoms with Crippen LogP contribution in [0.1, 0.15) is 37.8 Å². The molecular weight excluding hydrogens is 328 g/mol. The average Bonchev–Trinajstić information content (AvgIpc) is 3.09. The monoisotopic (exact) mass is 352 g/mol. The van der Waals surface area contributed by atoms with E-state index in [2.05, 4.69) is 66.5 Å². The van der Waals surface area contributed by atoms with Crippen LogP contribution in [0.5, 0.6) is 5.75 Å². The molecule has 1 aromatic heterocycles. The predicted octanol–water partition coefficient (Wildman–Crippen LogP) is 5.41. The molecule has 2 aliphatic rings. The maximum Gasteiger partial charge on any atom is 0.147 e. The summed E-state index contributed by atoms with van der Waals surface area (Å²) in [4.78, 5) is 0. The zero-order chi connectivity index (χ0) is 17.6. The van der Waals surface area contributed by atoms with Crippen molar-refractivity contribution in [2.24, 2.45) is 0 Å². The van der Waals surface area contributed by atoms with Gasteiger partial charge < -0.3 is 4.74 Å². The van der Waals surface area contributed by atoms with E-state index < -0.39 is 0 Å². The molecule has 0 radical (unpaired) electrons. The summed E-state index contributed by atoms with van der Waals surface area (Å²) >= 11 is 1.70. The van der Waals surface area contributed by atoms with Crippen molar-refractivity contribution in [1.82, 2.24) is 10.2 Å². The largest absolute Gasteiger partial charge is 0.493 e. The first-order valence-electron chi connectivity index (χ1n) is 8.94. The van der Waals surface area contributed by atoms with Gasteiger partial charge in [0.05, 0.1) is 6.61 Å². The molecule has 3 nitrogen and oxygen atoms in total. The molecule has 25 heavy (non-hydrogen) atoms. The van der Waals surface area contributed by atoms with Crippen molar-refractivity contribution < 1.29 is 4.74 Å². The maximum absolute atomic E-state index is 5.26. The average molecular weight is 353 g/mol. The van der Waals surface area contributed by atoms with Crippen LogP contribution in [0.2, 0.25) is 0 Å². The molecule has 0 aliphatic heterocycles. The fourth-order valence-corrected chi connectivity index (χ4v) is 3.54. The lowest BCUT2D eigenvalue weighted by atomic mass is 10.1. The highest BCUT2D eigenvalue weighted by Gasteiger charge is 2.06. The topological polar surface area (TPSA) is 35.0 Å². The van der Waals surface area contributed by atoms with Crippen LogP contribution < -0.4 is 4.74 Å². The fourth-order valence-electron chi connectivity index (χ4n) is 2.60. The summed E-state index contributed by atoms with van der Waals surface area (Å²) in [5.74, 6) is 1.06. The van der Waals surface area contributed by atoms with Crippen molar-refractivity contribution in [1.29, 1.82) is 0 Å². The Morgan fingerprint density at radius 3 is 2.28 bits per heavy atom. The first kappa shape index (κ1) is 17.6. The van der Waals surface area contributed by atoms with Crippen LogP contribution >= 0.6 is 11.3 Å². The van der Waals surface area contributed by atoms with Crippen LogP contribution in [0.4, 0.5) is 0 Å². The van der Waals surface area contributed by atoms with Gasteiger partial charge in [-0.15, -0.1) is 10.2 Å². The maximum atomic E-state index is 5.26. The summed E-state index contributed by atoms with van der Waals surface area (Å²) in [5, 5.41) is 13.2. The van der Waals surface area contributed by atoms with E-state index in [1.807, 2.05) is 6.92 Å². The molecule has 0 saturated heterocycles. The molecule has 0 saturated carbocycles. The molecule has 0 fully saturated rings. The van der Waals surface area contributed by atoms with Gasteiger partial charge in [-0.1, -0.05) is 61.6 Å². The van der Waals surface area contributed by atoms with E-state index in [1.54, 1.807) is 11.3 Å². The SMILES string of the molecule is CCCc1nnc(-c2ccc(CC)cc2)s1.CCOc1cc2ccc1=2. The van der Waals surface area contributed by atoms with Crippen LogP contribution in [0.3, 0.4) is 0 Å². The number of benzene rings is 2. The zero-order valence-electron chi connectivity index (χ0n) is 15.1. The summed E-state index contributed by atoms with van der Waals surface area (Å²) in [6.07, 6.45) is 3.24. The summed E-state index contributed by atoms with van der Waals surface area (Å²) in [6.45, 7) is 7.11. The zero-order valence-corrected chi connectivity index (χ0v) is 15.9. The highest BCUT2D eigenvalue weighted by Crippen LogP contribution is 2.24. The second-order valence-electron chi connectivity index (χ2n) is 5.95. The van der Waals surface area contributed by atoms with Crippen LogP contribution in [0.25, 0.3) is 10.6 Å². The van der Waals surface area contributed by atoms with Gasteiger partial charge in [0.2, 0.25) is 0 Å². The van der Waals surface area contributed by atoms with Crippen molar-refractivity contribution in [3.8, 4) is 16.3 Å². The Labute approximate surface area is 153 Å². The van der Waals surface area contributed by atoms with Gasteiger partial charge >= 0.3 is 0 Å². The molecule has 4 rings (SSSR count). The third kappa shape index (κ3) is 4.07. The van der Waals surface area contributed by atoms with Crippen molar-refractivity contribution in [3.05, 3.63) is 63.5 Å². The molecular formula is C21H24N2OS. The molecule has 2 aromatic rings. The lowest BCUT2D eigenvalue weighted by Crippen LogP contribution is -1.97. The molecule has 0 amide bonds. The molecule has 0 N–H and O–H groups in total. The van der Waals surface area contributed by atoms with E-state index in [0.717, 1.165) is 41.6 Å². The van der Waals surface area contributed by atoms with Gasteiger partial charge in [0.15, 0.2) is 0 Å². The van der Waals surface area contributed by atoms with Crippen molar-refractivity contribution in [2.45, 2.75) is 40.0 Å². The van der Waals surface area contributed by atoms with Crippen molar-refractivity contribution >= 4 is 11.3 Å². The highest BCUT2D eigenvalue weighted by molar-refractivity contribution is 7.14. The third-order valence-electron chi connectivity index (χ3n) is 4.13. The molecule has 0 atom stereocenters. The minimum absolute atomic E-state index is 0.774. The second kappa shape index (κ2) is 8.26. The lowest BCUT2D eigenvalue weighted by Gasteiger charge is -2.10. The van der Waals surface area contributed by atoms with Crippen LogP contribution in [0.15, 0.2) is 42.5 Å². The number of rotatable bonds is 6. The summed E-state index contributed by atoms with van der Waals surface area (Å²) in [6, 6.07) is 14.8. The molecule has 0 unspecified atom stereocenters. The summed E-state index contributed by atoms with van der Waals surface area (Å²) < 4.78 is 5.26. The minimum Gasteiger partial charge on any atom is -0.493 e. The normalized spacial score (nSPS) is 10.8. The third-order valence-corrected chi connectivity index (χ3v) is 5.16. The first-order chi connectivity index (χ1) is 12.2. The van der Waals surface area contributed by atoms with Crippen LogP contribution in [0, 0.1) is 10.4 Å². The van der Waals surface area contributed by atoms with E-state index in [0.29, 0.717) is 0 Å². The Bertz CT molecular complexity index is 916. The molecule has 1 heterocycles. The first-order valence-corrected chi connectivity index (χ1v) is 9.75. The Morgan fingerprint density at radius 2 is 1.76 bits per heavy atom. The minimum atomic E-state index is 0.774. The molecule has 130 valence electrons. The van der Waals surface area contributed by atoms with Crippen LogP contribution in [-0.4, -0.2) is 16.8 Å². The Kier molecular flexibility index (Phi) is 5.82. The lowest BCUT2D eigenvalue weighted by molar-refractivity contribution is 0.334. The predicted molar refractivity (Wildman–Crippen MR) is 104 cm³/mol. The fraction of sp³-hybridized carbons (Fsp3) is 0.333. The number of aromatic nitrogens is 2. The Morgan fingerprint density at radius 1 is 0.960 bits per heavy atom. The summed E-state index contributed by atoms with van der Waals surface area (Å²) in [5.41, 5.74) is 2.54. The van der Waals surface area contributed by atoms with Gasteiger partial charge in [0, 0.05) is 17.2 Å². The van der Waals surface area contributed by atoms with Gasteiger partial charge in [0.1, 0.15) is 15.8 Å². The summed E-state index contributed by atoms with van der Waals surface area (Å²) in [7, 11) is 0. The number of hydrogen-bond acceptors (Lipinski definition) is 4. The van der Waals surface area contributed by atoms with E-state index in [4.69, 9.17) is 4.74 Å². The van der Waals surface area contributed by atoms with E-state index >= 15 is 0 Å².